The number of carboxylic acids is 1. The van der Waals surface area contributed by atoms with E-state index in [0.29, 0.717) is 16.1 Å². The molecule has 0 saturated heterocycles. The summed E-state index contributed by atoms with van der Waals surface area (Å²) in [6.07, 6.45) is -1.10. The van der Waals surface area contributed by atoms with Crippen LogP contribution >= 0.6 is 11.6 Å². The zero-order chi connectivity index (χ0) is 25.7. The number of likely N-dealkylation sites (N-methyl/N-ethyl adjacent to an activating group) is 1. The molecule has 1 N–H and O–H groups in total. The molecule has 0 heterocycles. The summed E-state index contributed by atoms with van der Waals surface area (Å²) in [5.74, 6) is 5.14. The smallest absolute Gasteiger partial charge is 0.345 e. The number of ether oxygens (including phenoxy) is 2. The van der Waals surface area contributed by atoms with Crippen LogP contribution in [0.5, 0.6) is 5.75 Å². The van der Waals surface area contributed by atoms with Crippen molar-refractivity contribution in [3.8, 4) is 17.6 Å². The molecule has 0 radical (unpaired) electrons. The molecule has 2 aromatic rings. The Labute approximate surface area is 206 Å². The van der Waals surface area contributed by atoms with E-state index in [2.05, 4.69) is 11.8 Å². The van der Waals surface area contributed by atoms with Crippen molar-refractivity contribution in [1.82, 2.24) is 4.31 Å². The fourth-order valence-corrected chi connectivity index (χ4v) is 4.33. The van der Waals surface area contributed by atoms with Crippen molar-refractivity contribution in [2.24, 2.45) is 5.41 Å². The standard InChI is InChI=1S/C25H30ClNO6S/c1-17-7-11-21(34(30,31)27(5)13-14-32-6)16-18(17)8-9-19-15-20(26)10-12-22(19)33-23(24(28)29)25(2,3)4/h7,10-12,15-16,23H,13-14H2,1-6H3,(H,28,29). The third-order valence-electron chi connectivity index (χ3n) is 5.06. The Morgan fingerprint density at radius 1 is 1.15 bits per heavy atom. The molecule has 0 spiro atoms. The Morgan fingerprint density at radius 2 is 1.79 bits per heavy atom. The highest BCUT2D eigenvalue weighted by molar-refractivity contribution is 7.89. The first kappa shape index (κ1) is 27.7. The van der Waals surface area contributed by atoms with Gasteiger partial charge in [-0.3, -0.25) is 0 Å². The summed E-state index contributed by atoms with van der Waals surface area (Å²) >= 11 is 6.15. The fourth-order valence-electron chi connectivity index (χ4n) is 2.98. The molecule has 0 aromatic heterocycles. The summed E-state index contributed by atoms with van der Waals surface area (Å²) in [6, 6.07) is 9.50. The lowest BCUT2D eigenvalue weighted by molar-refractivity contribution is -0.150. The van der Waals surface area contributed by atoms with Crippen molar-refractivity contribution < 1.29 is 27.8 Å². The quantitative estimate of drug-likeness (QED) is 0.538. The monoisotopic (exact) mass is 507 g/mol. The number of rotatable bonds is 8. The van der Waals surface area contributed by atoms with Gasteiger partial charge in [-0.05, 0) is 42.8 Å². The van der Waals surface area contributed by atoms with Crippen LogP contribution in [0.25, 0.3) is 0 Å². The molecule has 0 bridgehead atoms. The lowest BCUT2D eigenvalue weighted by Crippen LogP contribution is -2.39. The third kappa shape index (κ3) is 6.97. The highest BCUT2D eigenvalue weighted by Crippen LogP contribution is 2.29. The molecule has 0 amide bonds. The molecule has 184 valence electrons. The number of carboxylic acid groups (broad SMARTS) is 1. The number of halogens is 1. The molecule has 0 aliphatic carbocycles. The Balaban J connectivity index is 2.48. The summed E-state index contributed by atoms with van der Waals surface area (Å²) in [5, 5.41) is 10.0. The van der Waals surface area contributed by atoms with Gasteiger partial charge in [0.2, 0.25) is 10.0 Å². The molecular formula is C25H30ClNO6S. The average molecular weight is 508 g/mol. The predicted octanol–water partition coefficient (Wildman–Crippen LogP) is 4.19. The summed E-state index contributed by atoms with van der Waals surface area (Å²) in [6.45, 7) is 7.63. The van der Waals surface area contributed by atoms with Crippen molar-refractivity contribution >= 4 is 27.6 Å². The maximum Gasteiger partial charge on any atom is 0.345 e. The Kier molecular flexibility index (Phi) is 9.15. The first-order chi connectivity index (χ1) is 15.8. The van der Waals surface area contributed by atoms with Crippen LogP contribution in [0, 0.1) is 24.2 Å². The van der Waals surface area contributed by atoms with E-state index in [9.17, 15) is 18.3 Å². The summed E-state index contributed by atoms with van der Waals surface area (Å²) in [4.78, 5) is 11.9. The van der Waals surface area contributed by atoms with Crippen molar-refractivity contribution in [3.05, 3.63) is 58.1 Å². The van der Waals surface area contributed by atoms with Crippen molar-refractivity contribution in [1.29, 1.82) is 0 Å². The fraction of sp³-hybridized carbons (Fsp3) is 0.400. The van der Waals surface area contributed by atoms with E-state index in [-0.39, 0.29) is 23.8 Å². The Hall–Kier alpha value is -2.57. The van der Waals surface area contributed by atoms with E-state index >= 15 is 0 Å². The van der Waals surface area contributed by atoms with Gasteiger partial charge in [0.05, 0.1) is 17.1 Å². The first-order valence-corrected chi connectivity index (χ1v) is 12.4. The second kappa shape index (κ2) is 11.2. The minimum absolute atomic E-state index is 0.113. The highest BCUT2D eigenvalue weighted by Gasteiger charge is 2.33. The van der Waals surface area contributed by atoms with Crippen LogP contribution in [0.4, 0.5) is 0 Å². The van der Waals surface area contributed by atoms with Crippen LogP contribution in [0.3, 0.4) is 0 Å². The molecule has 1 atom stereocenters. The van der Waals surface area contributed by atoms with Crippen molar-refractivity contribution in [2.45, 2.75) is 38.7 Å². The molecular weight excluding hydrogens is 478 g/mol. The summed E-state index contributed by atoms with van der Waals surface area (Å²) in [5.41, 5.74) is 1.03. The van der Waals surface area contributed by atoms with Crippen LogP contribution in [-0.2, 0) is 19.6 Å². The van der Waals surface area contributed by atoms with Gasteiger partial charge >= 0.3 is 5.97 Å². The summed E-state index contributed by atoms with van der Waals surface area (Å²) < 4.78 is 37.8. The lowest BCUT2D eigenvalue weighted by Gasteiger charge is -2.28. The lowest BCUT2D eigenvalue weighted by atomic mass is 9.89. The second-order valence-corrected chi connectivity index (χ2v) is 11.4. The van der Waals surface area contributed by atoms with E-state index < -0.39 is 27.5 Å². The van der Waals surface area contributed by atoms with Crippen LogP contribution in [0.1, 0.15) is 37.5 Å². The highest BCUT2D eigenvalue weighted by atomic mass is 35.5. The zero-order valence-electron chi connectivity index (χ0n) is 20.2. The van der Waals surface area contributed by atoms with Gasteiger partial charge in [-0.1, -0.05) is 50.3 Å². The van der Waals surface area contributed by atoms with Crippen LogP contribution in [-0.4, -0.2) is 57.2 Å². The SMILES string of the molecule is COCCN(C)S(=O)(=O)c1ccc(C)c(C#Cc2cc(Cl)ccc2OC(C(=O)O)C(C)(C)C)c1. The van der Waals surface area contributed by atoms with Crippen molar-refractivity contribution in [3.63, 3.8) is 0 Å². The Morgan fingerprint density at radius 3 is 2.38 bits per heavy atom. The van der Waals surface area contributed by atoms with Gasteiger partial charge in [0.25, 0.3) is 0 Å². The van der Waals surface area contributed by atoms with E-state index in [1.165, 1.54) is 30.6 Å². The van der Waals surface area contributed by atoms with Crippen molar-refractivity contribution in [2.75, 3.05) is 27.3 Å². The number of aryl methyl sites for hydroxylation is 1. The maximum absolute atomic E-state index is 12.9. The molecule has 2 rings (SSSR count). The van der Waals surface area contributed by atoms with E-state index in [1.807, 2.05) is 6.92 Å². The molecule has 0 fully saturated rings. The van der Waals surface area contributed by atoms with Gasteiger partial charge < -0.3 is 14.6 Å². The number of benzene rings is 2. The normalized spacial score (nSPS) is 12.7. The third-order valence-corrected chi connectivity index (χ3v) is 7.14. The van der Waals surface area contributed by atoms with Gasteiger partial charge in [-0.2, -0.15) is 4.31 Å². The van der Waals surface area contributed by atoms with E-state index in [4.69, 9.17) is 21.1 Å². The van der Waals surface area contributed by atoms with Gasteiger partial charge in [-0.25, -0.2) is 13.2 Å². The number of carbonyl (C=O) groups is 1. The molecule has 9 heteroatoms. The van der Waals surface area contributed by atoms with E-state index in [0.717, 1.165) is 5.56 Å². The molecule has 0 aliphatic heterocycles. The average Bonchev–Trinajstić information content (AvgIpc) is 2.74. The van der Waals surface area contributed by atoms with Crippen LogP contribution < -0.4 is 4.74 Å². The molecule has 34 heavy (non-hydrogen) atoms. The number of nitrogens with zero attached hydrogens (tertiary/aromatic N) is 1. The largest absolute Gasteiger partial charge is 0.478 e. The number of methoxy groups -OCH3 is 1. The summed E-state index contributed by atoms with van der Waals surface area (Å²) in [7, 11) is -0.718. The zero-order valence-corrected chi connectivity index (χ0v) is 21.7. The number of aliphatic carboxylic acids is 1. The van der Waals surface area contributed by atoms with Gasteiger partial charge in [0.1, 0.15) is 5.75 Å². The molecule has 7 nitrogen and oxygen atoms in total. The number of hydrogen-bond acceptors (Lipinski definition) is 5. The predicted molar refractivity (Wildman–Crippen MR) is 132 cm³/mol. The minimum atomic E-state index is -3.72. The molecule has 1 unspecified atom stereocenters. The topological polar surface area (TPSA) is 93.1 Å². The van der Waals surface area contributed by atoms with Crippen LogP contribution in [0.2, 0.25) is 5.02 Å². The maximum atomic E-state index is 12.9. The first-order valence-electron chi connectivity index (χ1n) is 10.5. The molecule has 0 aliphatic rings. The van der Waals surface area contributed by atoms with Gasteiger partial charge in [0, 0.05) is 36.7 Å². The number of sulfonamides is 1. The van der Waals surface area contributed by atoms with Crippen LogP contribution in [0.15, 0.2) is 41.3 Å². The number of hydrogen-bond donors (Lipinski definition) is 1. The van der Waals surface area contributed by atoms with Gasteiger partial charge in [-0.15, -0.1) is 0 Å². The molecule has 0 saturated carbocycles. The van der Waals surface area contributed by atoms with Gasteiger partial charge in [0.15, 0.2) is 6.10 Å². The van der Waals surface area contributed by atoms with E-state index in [1.54, 1.807) is 45.0 Å². The Bertz CT molecular complexity index is 1210. The minimum Gasteiger partial charge on any atom is -0.478 e. The second-order valence-electron chi connectivity index (χ2n) is 8.89. The molecule has 2 aromatic carbocycles.